The van der Waals surface area contributed by atoms with E-state index in [-0.39, 0.29) is 6.04 Å². The predicted molar refractivity (Wildman–Crippen MR) is 54.0 cm³/mol. The van der Waals surface area contributed by atoms with Crippen LogP contribution in [0.2, 0.25) is 0 Å². The van der Waals surface area contributed by atoms with Gasteiger partial charge in [-0.25, -0.2) is 0 Å². The Morgan fingerprint density at radius 1 is 1.23 bits per heavy atom. The summed E-state index contributed by atoms with van der Waals surface area (Å²) in [6.07, 6.45) is 1.09. The maximum absolute atomic E-state index is 11.9. The highest BCUT2D eigenvalue weighted by atomic mass is 31.2. The molecule has 1 unspecified atom stereocenters. The van der Waals surface area contributed by atoms with Gasteiger partial charge in [-0.05, 0) is 20.3 Å². The van der Waals surface area contributed by atoms with Gasteiger partial charge in [0.15, 0.2) is 0 Å². The topological polar surface area (TPSA) is 61.5 Å². The van der Waals surface area contributed by atoms with E-state index in [1.165, 1.54) is 0 Å². The van der Waals surface area contributed by atoms with Crippen molar-refractivity contribution in [1.29, 1.82) is 0 Å². The van der Waals surface area contributed by atoms with Crippen LogP contribution in [0, 0.1) is 0 Å². The van der Waals surface area contributed by atoms with E-state index in [2.05, 4.69) is 0 Å². The van der Waals surface area contributed by atoms with Crippen molar-refractivity contribution >= 4 is 7.60 Å². The summed E-state index contributed by atoms with van der Waals surface area (Å²) >= 11 is 0. The van der Waals surface area contributed by atoms with Gasteiger partial charge in [0.25, 0.3) is 0 Å². The third-order valence-electron chi connectivity index (χ3n) is 1.63. The Morgan fingerprint density at radius 2 is 1.69 bits per heavy atom. The second-order valence-electron chi connectivity index (χ2n) is 2.80. The SMILES string of the molecule is CCOP(=O)(CC(N)CC)OCC. The number of nitrogens with two attached hydrogens (primary N) is 1. The van der Waals surface area contributed by atoms with Crippen molar-refractivity contribution in [3.63, 3.8) is 0 Å². The molecule has 2 N–H and O–H groups in total. The van der Waals surface area contributed by atoms with E-state index in [1.54, 1.807) is 13.8 Å². The molecule has 0 aromatic heterocycles. The molecule has 0 aliphatic rings. The van der Waals surface area contributed by atoms with Crippen molar-refractivity contribution in [2.45, 2.75) is 33.2 Å². The fourth-order valence-electron chi connectivity index (χ4n) is 0.952. The van der Waals surface area contributed by atoms with Crippen LogP contribution in [0.4, 0.5) is 0 Å². The molecule has 80 valence electrons. The van der Waals surface area contributed by atoms with Gasteiger partial charge in [0.1, 0.15) is 0 Å². The first-order chi connectivity index (χ1) is 6.08. The molecule has 13 heavy (non-hydrogen) atoms. The van der Waals surface area contributed by atoms with E-state index in [0.717, 1.165) is 6.42 Å². The van der Waals surface area contributed by atoms with Crippen LogP contribution in [0.3, 0.4) is 0 Å². The van der Waals surface area contributed by atoms with Gasteiger partial charge in [0.2, 0.25) is 0 Å². The van der Waals surface area contributed by atoms with Gasteiger partial charge in [-0.1, -0.05) is 6.92 Å². The zero-order chi connectivity index (χ0) is 10.3. The van der Waals surface area contributed by atoms with Crippen LogP contribution < -0.4 is 5.73 Å². The average Bonchev–Trinajstić information content (AvgIpc) is 2.04. The Morgan fingerprint density at radius 3 is 2.00 bits per heavy atom. The lowest BCUT2D eigenvalue weighted by molar-refractivity contribution is 0.218. The molecule has 4 nitrogen and oxygen atoms in total. The average molecular weight is 209 g/mol. The summed E-state index contributed by atoms with van der Waals surface area (Å²) in [6.45, 7) is 6.33. The summed E-state index contributed by atoms with van der Waals surface area (Å²) in [7, 11) is -2.92. The largest absolute Gasteiger partial charge is 0.332 e. The summed E-state index contributed by atoms with van der Waals surface area (Å²) < 4.78 is 22.0. The number of hydrogen-bond donors (Lipinski definition) is 1. The molecular weight excluding hydrogens is 189 g/mol. The molecule has 5 heteroatoms. The lowest BCUT2D eigenvalue weighted by atomic mass is 10.3. The van der Waals surface area contributed by atoms with Crippen molar-refractivity contribution in [2.75, 3.05) is 19.4 Å². The number of rotatable bonds is 7. The van der Waals surface area contributed by atoms with Crippen LogP contribution in [0.25, 0.3) is 0 Å². The zero-order valence-electron chi connectivity index (χ0n) is 8.66. The molecule has 0 spiro atoms. The maximum Gasteiger partial charge on any atom is 0.332 e. The molecule has 0 bridgehead atoms. The molecule has 0 amide bonds. The predicted octanol–water partition coefficient (Wildman–Crippen LogP) is 1.99. The fourth-order valence-corrected chi connectivity index (χ4v) is 2.86. The molecule has 0 saturated heterocycles. The van der Waals surface area contributed by atoms with Crippen molar-refractivity contribution in [3.05, 3.63) is 0 Å². The standard InChI is InChI=1S/C8H20NO3P/c1-4-8(9)7-13(10,11-5-2)12-6-3/h8H,4-7,9H2,1-3H3. The van der Waals surface area contributed by atoms with E-state index in [0.29, 0.717) is 19.4 Å². The Bertz CT molecular complexity index is 165. The molecule has 0 aromatic carbocycles. The molecule has 0 radical (unpaired) electrons. The monoisotopic (exact) mass is 209 g/mol. The molecule has 0 aliphatic carbocycles. The second-order valence-corrected chi connectivity index (χ2v) is 4.90. The van der Waals surface area contributed by atoms with Gasteiger partial charge in [-0.15, -0.1) is 0 Å². The fraction of sp³-hybridized carbons (Fsp3) is 1.00. The summed E-state index contributed by atoms with van der Waals surface area (Å²) in [5.41, 5.74) is 5.69. The molecular formula is C8H20NO3P. The van der Waals surface area contributed by atoms with Crippen LogP contribution in [-0.4, -0.2) is 25.4 Å². The van der Waals surface area contributed by atoms with E-state index in [1.807, 2.05) is 6.92 Å². The highest BCUT2D eigenvalue weighted by Gasteiger charge is 2.25. The van der Waals surface area contributed by atoms with Gasteiger partial charge in [0.05, 0.1) is 19.4 Å². The Labute approximate surface area is 80.3 Å². The molecule has 0 rings (SSSR count). The molecule has 1 atom stereocenters. The minimum Gasteiger partial charge on any atom is -0.327 e. The molecule has 0 aromatic rings. The van der Waals surface area contributed by atoms with E-state index in [9.17, 15) is 4.57 Å². The first-order valence-corrected chi connectivity index (χ1v) is 6.44. The quantitative estimate of drug-likeness (QED) is 0.651. The summed E-state index contributed by atoms with van der Waals surface area (Å²) in [5, 5.41) is 0. The second kappa shape index (κ2) is 6.55. The van der Waals surface area contributed by atoms with E-state index in [4.69, 9.17) is 14.8 Å². The van der Waals surface area contributed by atoms with E-state index < -0.39 is 7.60 Å². The third-order valence-corrected chi connectivity index (χ3v) is 3.85. The lowest BCUT2D eigenvalue weighted by Crippen LogP contribution is -2.24. The Balaban J connectivity index is 4.14. The minimum absolute atomic E-state index is 0.107. The third kappa shape index (κ3) is 5.42. The van der Waals surface area contributed by atoms with Crippen LogP contribution in [-0.2, 0) is 13.6 Å². The summed E-state index contributed by atoms with van der Waals surface area (Å²) in [6, 6.07) is -0.107. The van der Waals surface area contributed by atoms with Crippen LogP contribution in [0.1, 0.15) is 27.2 Å². The molecule has 0 aliphatic heterocycles. The van der Waals surface area contributed by atoms with Gasteiger partial charge in [0, 0.05) is 6.04 Å². The summed E-state index contributed by atoms with van der Waals surface area (Å²) in [4.78, 5) is 0. The van der Waals surface area contributed by atoms with Gasteiger partial charge in [-0.2, -0.15) is 0 Å². The summed E-state index contributed by atoms with van der Waals surface area (Å²) in [5.74, 6) is 0. The van der Waals surface area contributed by atoms with Crippen molar-refractivity contribution < 1.29 is 13.6 Å². The van der Waals surface area contributed by atoms with Crippen LogP contribution in [0.15, 0.2) is 0 Å². The van der Waals surface area contributed by atoms with Gasteiger partial charge < -0.3 is 14.8 Å². The molecule has 0 saturated carbocycles. The van der Waals surface area contributed by atoms with Gasteiger partial charge >= 0.3 is 7.60 Å². The first kappa shape index (κ1) is 13.1. The minimum atomic E-state index is -2.92. The van der Waals surface area contributed by atoms with Crippen molar-refractivity contribution in [1.82, 2.24) is 0 Å². The van der Waals surface area contributed by atoms with Crippen LogP contribution >= 0.6 is 7.60 Å². The van der Waals surface area contributed by atoms with Gasteiger partial charge in [-0.3, -0.25) is 4.57 Å². The Kier molecular flexibility index (Phi) is 6.60. The zero-order valence-corrected chi connectivity index (χ0v) is 9.55. The maximum atomic E-state index is 11.9. The molecule has 0 fully saturated rings. The highest BCUT2D eigenvalue weighted by molar-refractivity contribution is 7.53. The highest BCUT2D eigenvalue weighted by Crippen LogP contribution is 2.48. The van der Waals surface area contributed by atoms with Crippen LogP contribution in [0.5, 0.6) is 0 Å². The normalized spacial score (nSPS) is 14.5. The van der Waals surface area contributed by atoms with Crippen molar-refractivity contribution in [2.24, 2.45) is 5.73 Å². The molecule has 0 heterocycles. The Hall–Kier alpha value is 0.110. The first-order valence-electron chi connectivity index (χ1n) is 4.71. The van der Waals surface area contributed by atoms with Crippen molar-refractivity contribution in [3.8, 4) is 0 Å². The van der Waals surface area contributed by atoms with E-state index >= 15 is 0 Å². The number of hydrogen-bond acceptors (Lipinski definition) is 4. The smallest absolute Gasteiger partial charge is 0.327 e. The lowest BCUT2D eigenvalue weighted by Gasteiger charge is -2.19.